The van der Waals surface area contributed by atoms with Crippen molar-refractivity contribution >= 4 is 26.8 Å². The number of H-pyrrole nitrogens is 1. The Morgan fingerprint density at radius 3 is 2.92 bits per heavy atom. The molecular weight excluding hydrogens is 392 g/mol. The molecule has 1 aromatic heterocycles. The van der Waals surface area contributed by atoms with Crippen LogP contribution in [0.3, 0.4) is 0 Å². The van der Waals surface area contributed by atoms with Crippen LogP contribution in [0.25, 0.3) is 10.9 Å². The third-order valence-electron chi connectivity index (χ3n) is 4.21. The molecule has 3 rings (SSSR count). The largest absolute Gasteiger partial charge is 0.493 e. The van der Waals surface area contributed by atoms with Crippen LogP contribution < -0.4 is 14.8 Å². The summed E-state index contributed by atoms with van der Waals surface area (Å²) in [5.41, 5.74) is 3.66. The van der Waals surface area contributed by atoms with E-state index < -0.39 is 0 Å². The minimum absolute atomic E-state index is 0.442. The van der Waals surface area contributed by atoms with Gasteiger partial charge in [-0.15, -0.1) is 0 Å². The number of rotatable bonds is 9. The minimum Gasteiger partial charge on any atom is -0.493 e. The molecule has 3 aromatic rings. The molecule has 4 nitrogen and oxygen atoms in total. The highest BCUT2D eigenvalue weighted by Crippen LogP contribution is 2.36. The molecule has 0 atom stereocenters. The third-order valence-corrected chi connectivity index (χ3v) is 4.80. The highest BCUT2D eigenvalue weighted by molar-refractivity contribution is 9.10. The first kappa shape index (κ1) is 18.5. The number of fused-ring (bicyclic) bond motifs is 1. The van der Waals surface area contributed by atoms with Gasteiger partial charge >= 0.3 is 0 Å². The van der Waals surface area contributed by atoms with Crippen molar-refractivity contribution in [1.29, 1.82) is 0 Å². The molecule has 2 aromatic carbocycles. The molecule has 1 heterocycles. The van der Waals surface area contributed by atoms with Crippen LogP contribution in [0, 0.1) is 0 Å². The third kappa shape index (κ3) is 4.29. The van der Waals surface area contributed by atoms with Gasteiger partial charge in [-0.1, -0.05) is 30.9 Å². The van der Waals surface area contributed by atoms with E-state index in [1.54, 1.807) is 13.2 Å². The summed E-state index contributed by atoms with van der Waals surface area (Å²) in [5.74, 6) is 1.42. The highest BCUT2D eigenvalue weighted by Gasteiger charge is 2.11. The standard InChI is InChI=1S/C21H23BrN2O2/c1-3-10-26-21-18(22)11-15(12-20(21)25-2)13-23-9-8-16-14-24-19-7-5-4-6-17(16)19/h3-7,11-12,14,23-24H,1,8-10,13H2,2H3. The zero-order valence-corrected chi connectivity index (χ0v) is 16.4. The summed E-state index contributed by atoms with van der Waals surface area (Å²) in [4.78, 5) is 3.32. The van der Waals surface area contributed by atoms with Crippen molar-refractivity contribution in [3.05, 3.63) is 70.8 Å². The number of aromatic nitrogens is 1. The summed E-state index contributed by atoms with van der Waals surface area (Å²) < 4.78 is 12.0. The van der Waals surface area contributed by atoms with Crippen molar-refractivity contribution in [2.75, 3.05) is 20.3 Å². The molecule has 0 aliphatic rings. The Morgan fingerprint density at radius 1 is 1.27 bits per heavy atom. The Bertz CT molecular complexity index is 889. The highest BCUT2D eigenvalue weighted by atomic mass is 79.9. The molecule has 0 radical (unpaired) electrons. The van der Waals surface area contributed by atoms with Crippen LogP contribution in [0.4, 0.5) is 0 Å². The second-order valence-electron chi connectivity index (χ2n) is 5.99. The Kier molecular flexibility index (Phi) is 6.36. The lowest BCUT2D eigenvalue weighted by Crippen LogP contribution is -2.16. The van der Waals surface area contributed by atoms with Crippen molar-refractivity contribution < 1.29 is 9.47 Å². The van der Waals surface area contributed by atoms with Gasteiger partial charge in [0, 0.05) is 23.6 Å². The summed E-state index contributed by atoms with van der Waals surface area (Å²) in [5, 5.41) is 4.79. The van der Waals surface area contributed by atoms with Crippen LogP contribution in [0.2, 0.25) is 0 Å². The van der Waals surface area contributed by atoms with Crippen LogP contribution in [0.15, 0.2) is 59.7 Å². The number of halogens is 1. The molecule has 0 spiro atoms. The first-order valence-corrected chi connectivity index (χ1v) is 9.38. The number of ether oxygens (including phenoxy) is 2. The van der Waals surface area contributed by atoms with E-state index in [0.29, 0.717) is 12.4 Å². The molecule has 5 heteroatoms. The van der Waals surface area contributed by atoms with Crippen molar-refractivity contribution in [1.82, 2.24) is 10.3 Å². The molecule has 136 valence electrons. The topological polar surface area (TPSA) is 46.3 Å². The molecule has 0 aliphatic heterocycles. The number of aromatic amines is 1. The van der Waals surface area contributed by atoms with Crippen LogP contribution >= 0.6 is 15.9 Å². The van der Waals surface area contributed by atoms with Gasteiger partial charge < -0.3 is 19.8 Å². The lowest BCUT2D eigenvalue weighted by molar-refractivity contribution is 0.324. The zero-order valence-electron chi connectivity index (χ0n) is 14.8. The normalized spacial score (nSPS) is 10.8. The fourth-order valence-corrected chi connectivity index (χ4v) is 3.56. The Labute approximate surface area is 162 Å². The van der Waals surface area contributed by atoms with Crippen molar-refractivity contribution in [3.8, 4) is 11.5 Å². The number of methoxy groups -OCH3 is 1. The predicted molar refractivity (Wildman–Crippen MR) is 110 cm³/mol. The Balaban J connectivity index is 1.59. The van der Waals surface area contributed by atoms with E-state index in [2.05, 4.69) is 69.3 Å². The minimum atomic E-state index is 0.442. The van der Waals surface area contributed by atoms with E-state index in [1.807, 2.05) is 6.07 Å². The lowest BCUT2D eigenvalue weighted by atomic mass is 10.1. The maximum Gasteiger partial charge on any atom is 0.175 e. The first-order chi connectivity index (χ1) is 12.7. The molecule has 0 amide bonds. The molecule has 0 bridgehead atoms. The smallest absolute Gasteiger partial charge is 0.175 e. The molecule has 0 saturated heterocycles. The number of nitrogens with one attached hydrogen (secondary N) is 2. The van der Waals surface area contributed by atoms with Gasteiger partial charge in [0.2, 0.25) is 0 Å². The molecule has 2 N–H and O–H groups in total. The molecule has 26 heavy (non-hydrogen) atoms. The van der Waals surface area contributed by atoms with Gasteiger partial charge in [-0.25, -0.2) is 0 Å². The van der Waals surface area contributed by atoms with Crippen molar-refractivity contribution in [2.45, 2.75) is 13.0 Å². The average Bonchev–Trinajstić information content (AvgIpc) is 3.07. The van der Waals surface area contributed by atoms with Gasteiger partial charge in [0.05, 0.1) is 11.6 Å². The van der Waals surface area contributed by atoms with Gasteiger partial charge in [-0.05, 0) is 58.2 Å². The SMILES string of the molecule is C=CCOc1c(Br)cc(CNCCc2c[nH]c3ccccc23)cc1OC. The molecule has 0 fully saturated rings. The van der Waals surface area contributed by atoms with E-state index in [0.717, 1.165) is 35.3 Å². The molecule has 0 unspecified atom stereocenters. The average molecular weight is 415 g/mol. The summed E-state index contributed by atoms with van der Waals surface area (Å²) in [6.45, 7) is 5.78. The van der Waals surface area contributed by atoms with Gasteiger partial charge in [-0.2, -0.15) is 0 Å². The zero-order chi connectivity index (χ0) is 18.4. The fourth-order valence-electron chi connectivity index (χ4n) is 2.95. The molecular formula is C21H23BrN2O2. The molecule has 0 saturated carbocycles. The predicted octanol–water partition coefficient (Wildman–Crippen LogP) is 4.84. The summed E-state index contributed by atoms with van der Waals surface area (Å²) in [6.07, 6.45) is 4.78. The molecule has 0 aliphatic carbocycles. The Hall–Kier alpha value is -2.24. The summed E-state index contributed by atoms with van der Waals surface area (Å²) in [7, 11) is 1.65. The Morgan fingerprint density at radius 2 is 2.12 bits per heavy atom. The van der Waals surface area contributed by atoms with Gasteiger partial charge in [-0.3, -0.25) is 0 Å². The van der Waals surface area contributed by atoms with Gasteiger partial charge in [0.15, 0.2) is 11.5 Å². The monoisotopic (exact) mass is 414 g/mol. The quantitative estimate of drug-likeness (QED) is 0.389. The van der Waals surface area contributed by atoms with E-state index in [9.17, 15) is 0 Å². The van der Waals surface area contributed by atoms with Crippen LogP contribution in [-0.4, -0.2) is 25.2 Å². The second-order valence-corrected chi connectivity index (χ2v) is 6.85. The second kappa shape index (κ2) is 8.92. The number of hydrogen-bond donors (Lipinski definition) is 2. The van der Waals surface area contributed by atoms with E-state index >= 15 is 0 Å². The van der Waals surface area contributed by atoms with E-state index in [1.165, 1.54) is 16.5 Å². The summed E-state index contributed by atoms with van der Waals surface area (Å²) >= 11 is 3.57. The lowest BCUT2D eigenvalue weighted by Gasteiger charge is -2.14. The van der Waals surface area contributed by atoms with E-state index in [-0.39, 0.29) is 0 Å². The maximum atomic E-state index is 5.66. The first-order valence-electron chi connectivity index (χ1n) is 8.58. The van der Waals surface area contributed by atoms with Crippen LogP contribution in [-0.2, 0) is 13.0 Å². The van der Waals surface area contributed by atoms with Crippen molar-refractivity contribution in [3.63, 3.8) is 0 Å². The number of hydrogen-bond acceptors (Lipinski definition) is 3. The van der Waals surface area contributed by atoms with Crippen molar-refractivity contribution in [2.24, 2.45) is 0 Å². The number of benzene rings is 2. The van der Waals surface area contributed by atoms with E-state index in [4.69, 9.17) is 9.47 Å². The maximum absolute atomic E-state index is 5.66. The van der Waals surface area contributed by atoms with Crippen LogP contribution in [0.1, 0.15) is 11.1 Å². The van der Waals surface area contributed by atoms with Gasteiger partial charge in [0.25, 0.3) is 0 Å². The summed E-state index contributed by atoms with van der Waals surface area (Å²) in [6, 6.07) is 12.4. The number of para-hydroxylation sites is 1. The fraction of sp³-hybridized carbons (Fsp3) is 0.238. The van der Waals surface area contributed by atoms with Gasteiger partial charge in [0.1, 0.15) is 6.61 Å². The van der Waals surface area contributed by atoms with Crippen LogP contribution in [0.5, 0.6) is 11.5 Å².